The van der Waals surface area contributed by atoms with E-state index in [1.807, 2.05) is 42.5 Å². The van der Waals surface area contributed by atoms with Crippen molar-refractivity contribution in [3.05, 3.63) is 71.9 Å². The maximum absolute atomic E-state index is 12.2. The quantitative estimate of drug-likeness (QED) is 0.715. The van der Waals surface area contributed by atoms with E-state index in [0.717, 1.165) is 16.3 Å². The Balaban J connectivity index is 1.50. The van der Waals surface area contributed by atoms with Gasteiger partial charge in [0.25, 0.3) is 5.91 Å². The third-order valence-electron chi connectivity index (χ3n) is 3.92. The number of fused-ring (bicyclic) bond motifs is 1. The van der Waals surface area contributed by atoms with Crippen LogP contribution in [-0.2, 0) is 11.3 Å². The summed E-state index contributed by atoms with van der Waals surface area (Å²) >= 11 is 0. The van der Waals surface area contributed by atoms with Crippen molar-refractivity contribution in [2.24, 2.45) is 0 Å². The number of nitrogens with zero attached hydrogens (tertiary/aromatic N) is 1. The lowest BCUT2D eigenvalue weighted by molar-refractivity contribution is -0.120. The van der Waals surface area contributed by atoms with Crippen molar-refractivity contribution in [3.63, 3.8) is 0 Å². The molecular weight excluding hydrogens is 330 g/mol. The van der Waals surface area contributed by atoms with E-state index < -0.39 is 0 Å². The minimum Gasteiger partial charge on any atom is -0.481 e. The lowest BCUT2D eigenvalue weighted by Crippen LogP contribution is -2.36. The molecule has 132 valence electrons. The third-order valence-corrected chi connectivity index (χ3v) is 3.92. The van der Waals surface area contributed by atoms with E-state index in [0.29, 0.717) is 18.0 Å². The Morgan fingerprint density at radius 3 is 2.54 bits per heavy atom. The van der Waals surface area contributed by atoms with Gasteiger partial charge in [-0.25, -0.2) is 4.98 Å². The molecule has 2 N–H and O–H groups in total. The molecule has 0 aliphatic heterocycles. The van der Waals surface area contributed by atoms with Crippen LogP contribution in [0.25, 0.3) is 10.8 Å². The summed E-state index contributed by atoms with van der Waals surface area (Å²) in [6.45, 7) is 0.247. The van der Waals surface area contributed by atoms with E-state index in [1.54, 1.807) is 25.4 Å². The minimum absolute atomic E-state index is 0.0881. The molecule has 0 spiro atoms. The van der Waals surface area contributed by atoms with Gasteiger partial charge in [-0.15, -0.1) is 0 Å². The molecule has 6 heteroatoms. The Morgan fingerprint density at radius 2 is 1.81 bits per heavy atom. The summed E-state index contributed by atoms with van der Waals surface area (Å²) in [4.78, 5) is 28.2. The average Bonchev–Trinajstić information content (AvgIpc) is 2.70. The lowest BCUT2D eigenvalue weighted by atomic mass is 10.1. The minimum atomic E-state index is -0.281. The van der Waals surface area contributed by atoms with Crippen LogP contribution < -0.4 is 15.4 Å². The van der Waals surface area contributed by atoms with Gasteiger partial charge in [0.1, 0.15) is 0 Å². The predicted octanol–water partition coefficient (Wildman–Crippen LogP) is 2.29. The number of benzene rings is 2. The number of amides is 2. The molecule has 0 aliphatic carbocycles. The van der Waals surface area contributed by atoms with Gasteiger partial charge in [0.05, 0.1) is 13.7 Å². The van der Waals surface area contributed by atoms with Gasteiger partial charge >= 0.3 is 0 Å². The predicted molar refractivity (Wildman–Crippen MR) is 98.9 cm³/mol. The van der Waals surface area contributed by atoms with E-state index in [4.69, 9.17) is 4.74 Å². The maximum atomic E-state index is 12.2. The Bertz CT molecular complexity index is 923. The molecule has 26 heavy (non-hydrogen) atoms. The summed E-state index contributed by atoms with van der Waals surface area (Å²) in [5.74, 6) is -0.0327. The first-order valence-corrected chi connectivity index (χ1v) is 8.18. The summed E-state index contributed by atoms with van der Waals surface area (Å²) < 4.78 is 4.98. The molecule has 1 aromatic heterocycles. The number of rotatable bonds is 6. The number of carbonyl (C=O) groups excluding carboxylic acids is 2. The van der Waals surface area contributed by atoms with Crippen molar-refractivity contribution in [2.45, 2.75) is 6.54 Å². The normalized spacial score (nSPS) is 10.3. The number of carbonyl (C=O) groups is 2. The van der Waals surface area contributed by atoms with Crippen LogP contribution >= 0.6 is 0 Å². The van der Waals surface area contributed by atoms with Crippen molar-refractivity contribution in [1.82, 2.24) is 15.6 Å². The zero-order valence-corrected chi connectivity index (χ0v) is 14.4. The molecule has 2 amide bonds. The first-order valence-electron chi connectivity index (χ1n) is 8.18. The standard InChI is InChI=1S/C20H19N3O3/c1-26-19-9-6-14(12-22-19)11-21-18(24)13-23-20(25)17-8-7-15-4-2-3-5-16(15)10-17/h2-10,12H,11,13H2,1H3,(H,21,24)(H,23,25). The van der Waals surface area contributed by atoms with Crippen LogP contribution in [0.5, 0.6) is 5.88 Å². The Hall–Kier alpha value is -3.41. The number of aromatic nitrogens is 1. The summed E-state index contributed by atoms with van der Waals surface area (Å²) in [5.41, 5.74) is 1.37. The highest BCUT2D eigenvalue weighted by Crippen LogP contribution is 2.15. The molecule has 0 saturated carbocycles. The van der Waals surface area contributed by atoms with Gasteiger partial charge in [0.2, 0.25) is 11.8 Å². The molecule has 0 radical (unpaired) electrons. The van der Waals surface area contributed by atoms with E-state index >= 15 is 0 Å². The number of hydrogen-bond donors (Lipinski definition) is 2. The SMILES string of the molecule is COc1ccc(CNC(=O)CNC(=O)c2ccc3ccccc3c2)cn1. The molecule has 6 nitrogen and oxygen atoms in total. The van der Waals surface area contributed by atoms with E-state index in [9.17, 15) is 9.59 Å². The van der Waals surface area contributed by atoms with Gasteiger partial charge in [0.15, 0.2) is 0 Å². The summed E-state index contributed by atoms with van der Waals surface area (Å²) in [7, 11) is 1.54. The largest absolute Gasteiger partial charge is 0.481 e. The maximum Gasteiger partial charge on any atom is 0.251 e. The fourth-order valence-electron chi connectivity index (χ4n) is 2.49. The number of pyridine rings is 1. The number of ether oxygens (including phenoxy) is 1. The third kappa shape index (κ3) is 4.36. The van der Waals surface area contributed by atoms with Crippen molar-refractivity contribution in [3.8, 4) is 5.88 Å². The average molecular weight is 349 g/mol. The number of nitrogens with one attached hydrogen (secondary N) is 2. The zero-order chi connectivity index (χ0) is 18.4. The van der Waals surface area contributed by atoms with Crippen LogP contribution in [0.1, 0.15) is 15.9 Å². The Kier molecular flexibility index (Phi) is 5.43. The second-order valence-electron chi connectivity index (χ2n) is 5.73. The molecular formula is C20H19N3O3. The number of hydrogen-bond acceptors (Lipinski definition) is 4. The number of methoxy groups -OCH3 is 1. The van der Waals surface area contributed by atoms with Gasteiger partial charge in [-0.05, 0) is 28.5 Å². The van der Waals surface area contributed by atoms with Crippen molar-refractivity contribution in [2.75, 3.05) is 13.7 Å². The van der Waals surface area contributed by atoms with Gasteiger partial charge in [-0.3, -0.25) is 9.59 Å². The van der Waals surface area contributed by atoms with Gasteiger partial charge in [-0.2, -0.15) is 0 Å². The molecule has 0 atom stereocenters. The van der Waals surface area contributed by atoms with Crippen molar-refractivity contribution in [1.29, 1.82) is 0 Å². The van der Waals surface area contributed by atoms with Crippen molar-refractivity contribution < 1.29 is 14.3 Å². The van der Waals surface area contributed by atoms with Crippen LogP contribution in [0, 0.1) is 0 Å². The molecule has 0 aliphatic rings. The highest BCUT2D eigenvalue weighted by atomic mass is 16.5. The second kappa shape index (κ2) is 8.11. The first kappa shape index (κ1) is 17.4. The summed E-state index contributed by atoms with van der Waals surface area (Å²) in [5, 5.41) is 7.42. The molecule has 0 saturated heterocycles. The van der Waals surface area contributed by atoms with E-state index in [-0.39, 0.29) is 18.4 Å². The molecule has 0 unspecified atom stereocenters. The van der Waals surface area contributed by atoms with Crippen LogP contribution in [0.2, 0.25) is 0 Å². The Morgan fingerprint density at radius 1 is 1.00 bits per heavy atom. The molecule has 1 heterocycles. The van der Waals surface area contributed by atoms with Gasteiger partial charge in [0, 0.05) is 24.4 Å². The summed E-state index contributed by atoms with van der Waals surface area (Å²) in [6, 6.07) is 16.8. The fourth-order valence-corrected chi connectivity index (χ4v) is 2.49. The highest BCUT2D eigenvalue weighted by Gasteiger charge is 2.09. The van der Waals surface area contributed by atoms with E-state index in [2.05, 4.69) is 15.6 Å². The smallest absolute Gasteiger partial charge is 0.251 e. The monoisotopic (exact) mass is 349 g/mol. The highest BCUT2D eigenvalue weighted by molar-refractivity contribution is 5.99. The molecule has 3 aromatic rings. The van der Waals surface area contributed by atoms with Crippen LogP contribution in [0.15, 0.2) is 60.8 Å². The summed E-state index contributed by atoms with van der Waals surface area (Å²) in [6.07, 6.45) is 1.63. The molecule has 3 rings (SSSR count). The second-order valence-corrected chi connectivity index (χ2v) is 5.73. The zero-order valence-electron chi connectivity index (χ0n) is 14.4. The topological polar surface area (TPSA) is 80.3 Å². The van der Waals surface area contributed by atoms with E-state index in [1.165, 1.54) is 0 Å². The van der Waals surface area contributed by atoms with Crippen LogP contribution in [0.4, 0.5) is 0 Å². The van der Waals surface area contributed by atoms with Gasteiger partial charge in [-0.1, -0.05) is 36.4 Å². The van der Waals surface area contributed by atoms with Crippen molar-refractivity contribution >= 4 is 22.6 Å². The van der Waals surface area contributed by atoms with Crippen LogP contribution in [-0.4, -0.2) is 30.5 Å². The van der Waals surface area contributed by atoms with Gasteiger partial charge < -0.3 is 15.4 Å². The lowest BCUT2D eigenvalue weighted by Gasteiger charge is -2.08. The van der Waals surface area contributed by atoms with Crippen LogP contribution in [0.3, 0.4) is 0 Å². The fraction of sp³-hybridized carbons (Fsp3) is 0.150. The molecule has 2 aromatic carbocycles. The Labute approximate surface area is 151 Å². The first-order chi connectivity index (χ1) is 12.7. The molecule has 0 bridgehead atoms. The molecule has 0 fully saturated rings.